The van der Waals surface area contributed by atoms with E-state index in [0.29, 0.717) is 59.0 Å². The van der Waals surface area contributed by atoms with E-state index in [1.165, 1.54) is 6.92 Å². The maximum atomic E-state index is 12.1. The number of ether oxygens (including phenoxy) is 4. The second kappa shape index (κ2) is 24.2. The molecule has 0 saturated carbocycles. The molecule has 0 aliphatic carbocycles. The molecule has 0 radical (unpaired) electrons. The quantitative estimate of drug-likeness (QED) is 0.0929. The van der Waals surface area contributed by atoms with E-state index in [1.54, 1.807) is 0 Å². The molecule has 0 aromatic rings. The summed E-state index contributed by atoms with van der Waals surface area (Å²) in [6, 6.07) is -3.09. The Morgan fingerprint density at radius 1 is 0.692 bits per heavy atom. The number of hydrogen-bond donors (Lipinski definition) is 5. The number of amides is 3. The molecule has 0 heterocycles. The highest BCUT2D eigenvalue weighted by Crippen LogP contribution is 2.03. The monoisotopic (exact) mass is 563 g/mol. The molecule has 0 bridgehead atoms. The Balaban J connectivity index is 3.86. The lowest BCUT2D eigenvalue weighted by molar-refractivity contribution is -0.139. The van der Waals surface area contributed by atoms with Gasteiger partial charge in [0.05, 0.1) is 52.3 Å². The predicted molar refractivity (Wildman–Crippen MR) is 139 cm³/mol. The molecule has 5 N–H and O–H groups in total. The van der Waals surface area contributed by atoms with Crippen LogP contribution in [0.5, 0.6) is 0 Å². The summed E-state index contributed by atoms with van der Waals surface area (Å²) in [6.07, 6.45) is 1.77. The summed E-state index contributed by atoms with van der Waals surface area (Å²) in [7, 11) is 0. The number of carbonyl (C=O) groups is 5. The van der Waals surface area contributed by atoms with Crippen LogP contribution in [0.25, 0.3) is 0 Å². The first kappa shape index (κ1) is 36.2. The van der Waals surface area contributed by atoms with Crippen LogP contribution in [0.1, 0.15) is 58.8 Å². The molecule has 0 aromatic heterocycles. The molecule has 39 heavy (non-hydrogen) atoms. The number of hydrogen-bond acceptors (Lipinski definition) is 9. The fraction of sp³-hybridized carbons (Fsp3) is 0.800. The summed E-state index contributed by atoms with van der Waals surface area (Å²) < 4.78 is 21.4. The van der Waals surface area contributed by atoms with Crippen molar-refractivity contribution in [3.63, 3.8) is 0 Å². The molecule has 14 nitrogen and oxygen atoms in total. The van der Waals surface area contributed by atoms with Crippen LogP contribution in [0.3, 0.4) is 0 Å². The highest BCUT2D eigenvalue weighted by Gasteiger charge is 2.23. The van der Waals surface area contributed by atoms with Crippen LogP contribution in [-0.2, 0) is 38.1 Å². The fourth-order valence-corrected chi connectivity index (χ4v) is 3.12. The van der Waals surface area contributed by atoms with Crippen LogP contribution in [0.15, 0.2) is 0 Å². The van der Waals surface area contributed by atoms with Crippen molar-refractivity contribution in [1.82, 2.24) is 16.0 Å². The van der Waals surface area contributed by atoms with Crippen molar-refractivity contribution in [2.75, 3.05) is 59.4 Å². The van der Waals surface area contributed by atoms with Crippen molar-refractivity contribution < 1.29 is 53.1 Å². The summed E-state index contributed by atoms with van der Waals surface area (Å²) in [4.78, 5) is 57.7. The number of urea groups is 1. The van der Waals surface area contributed by atoms with E-state index in [-0.39, 0.29) is 38.2 Å². The third kappa shape index (κ3) is 22.8. The molecule has 0 fully saturated rings. The number of Topliss-reactive ketones (excluding diaryl/α,β-unsaturated/α-hetero) is 1. The van der Waals surface area contributed by atoms with Crippen molar-refractivity contribution in [1.29, 1.82) is 0 Å². The zero-order valence-corrected chi connectivity index (χ0v) is 23.0. The van der Waals surface area contributed by atoms with Crippen LogP contribution in [0.4, 0.5) is 4.79 Å². The molecule has 2 unspecified atom stereocenters. The number of carboxylic acids is 2. The first-order valence-corrected chi connectivity index (χ1v) is 13.3. The van der Waals surface area contributed by atoms with Gasteiger partial charge in [0.15, 0.2) is 5.78 Å². The van der Waals surface area contributed by atoms with Crippen LogP contribution < -0.4 is 16.0 Å². The Labute approximate surface area is 229 Å². The number of unbranched alkanes of at least 4 members (excludes halogenated alkanes) is 1. The Kier molecular flexibility index (Phi) is 22.5. The van der Waals surface area contributed by atoms with Gasteiger partial charge in [0.1, 0.15) is 6.04 Å². The first-order chi connectivity index (χ1) is 18.7. The van der Waals surface area contributed by atoms with Gasteiger partial charge in [-0.25, -0.2) is 9.59 Å². The Morgan fingerprint density at radius 3 is 1.74 bits per heavy atom. The zero-order chi connectivity index (χ0) is 29.3. The molecule has 0 aliphatic rings. The Morgan fingerprint density at radius 2 is 1.23 bits per heavy atom. The number of ketones is 1. The van der Waals surface area contributed by atoms with Gasteiger partial charge in [-0.1, -0.05) is 6.92 Å². The van der Waals surface area contributed by atoms with Crippen LogP contribution in [0.2, 0.25) is 0 Å². The summed E-state index contributed by atoms with van der Waals surface area (Å²) in [5.74, 6) is -2.99. The van der Waals surface area contributed by atoms with Gasteiger partial charge >= 0.3 is 18.0 Å². The average molecular weight is 564 g/mol. The van der Waals surface area contributed by atoms with Crippen LogP contribution >= 0.6 is 0 Å². The third-order valence-corrected chi connectivity index (χ3v) is 5.23. The lowest BCUT2D eigenvalue weighted by atomic mass is 10.1. The topological polar surface area (TPSA) is 199 Å². The number of rotatable bonds is 26. The molecular weight excluding hydrogens is 518 g/mol. The van der Waals surface area contributed by atoms with Crippen molar-refractivity contribution in [2.24, 2.45) is 0 Å². The zero-order valence-electron chi connectivity index (χ0n) is 23.0. The van der Waals surface area contributed by atoms with E-state index >= 15 is 0 Å². The number of carboxylic acid groups (broad SMARTS) is 2. The standard InChI is InChI=1S/C25H45N3O11/c1-3-11-36-13-15-38-17-18-39-16-14-37-12-9-22(30)26-10-5-4-6-21(24(33)34)28-25(35)27-20(19(2)29)7-8-23(31)32/h20-21H,3-18H2,1-2H3,(H,26,30)(H,31,32)(H,33,34)(H2,27,28,35). The second-order valence-electron chi connectivity index (χ2n) is 8.65. The lowest BCUT2D eigenvalue weighted by Crippen LogP contribution is -2.50. The number of aliphatic carboxylic acids is 2. The van der Waals surface area contributed by atoms with Gasteiger partial charge in [-0.15, -0.1) is 0 Å². The van der Waals surface area contributed by atoms with E-state index in [9.17, 15) is 29.1 Å². The summed E-state index contributed by atoms with van der Waals surface area (Å²) in [5.41, 5.74) is 0. The highest BCUT2D eigenvalue weighted by atomic mass is 16.6. The molecule has 3 amide bonds. The van der Waals surface area contributed by atoms with Gasteiger partial charge in [0, 0.05) is 26.0 Å². The van der Waals surface area contributed by atoms with E-state index in [0.717, 1.165) is 13.0 Å². The predicted octanol–water partition coefficient (Wildman–Crippen LogP) is 0.714. The lowest BCUT2D eigenvalue weighted by Gasteiger charge is -2.19. The largest absolute Gasteiger partial charge is 0.481 e. The maximum absolute atomic E-state index is 12.1. The van der Waals surface area contributed by atoms with E-state index in [1.807, 2.05) is 6.92 Å². The normalized spacial score (nSPS) is 12.4. The molecule has 0 aromatic carbocycles. The fourth-order valence-electron chi connectivity index (χ4n) is 3.12. The third-order valence-electron chi connectivity index (χ3n) is 5.23. The van der Waals surface area contributed by atoms with E-state index < -0.39 is 35.8 Å². The van der Waals surface area contributed by atoms with Crippen molar-refractivity contribution in [2.45, 2.75) is 70.9 Å². The number of nitrogens with one attached hydrogen (secondary N) is 3. The van der Waals surface area contributed by atoms with Gasteiger partial charge in [-0.2, -0.15) is 0 Å². The summed E-state index contributed by atoms with van der Waals surface area (Å²) >= 11 is 0. The molecule has 0 saturated heterocycles. The van der Waals surface area contributed by atoms with Crippen LogP contribution in [-0.4, -0.2) is 111 Å². The van der Waals surface area contributed by atoms with E-state index in [2.05, 4.69) is 16.0 Å². The SMILES string of the molecule is CCCOCCOCCOCCOCCC(=O)NCCCCC(NC(=O)NC(CCC(=O)O)C(C)=O)C(=O)O. The van der Waals surface area contributed by atoms with Crippen molar-refractivity contribution >= 4 is 29.7 Å². The highest BCUT2D eigenvalue weighted by molar-refractivity contribution is 5.89. The minimum absolute atomic E-state index is 0.0976. The summed E-state index contributed by atoms with van der Waals surface area (Å²) in [5, 5.41) is 25.4. The maximum Gasteiger partial charge on any atom is 0.326 e. The molecule has 226 valence electrons. The molecule has 0 rings (SSSR count). The average Bonchev–Trinajstić information content (AvgIpc) is 2.87. The van der Waals surface area contributed by atoms with Gasteiger partial charge in [0.25, 0.3) is 0 Å². The minimum atomic E-state index is -1.25. The molecular formula is C25H45N3O11. The summed E-state index contributed by atoms with van der Waals surface area (Å²) in [6.45, 7) is 7.35. The van der Waals surface area contributed by atoms with Crippen molar-refractivity contribution in [3.05, 3.63) is 0 Å². The molecule has 14 heteroatoms. The molecule has 0 aliphatic heterocycles. The Hall–Kier alpha value is -2.81. The minimum Gasteiger partial charge on any atom is -0.481 e. The second-order valence-corrected chi connectivity index (χ2v) is 8.65. The van der Waals surface area contributed by atoms with Crippen molar-refractivity contribution in [3.8, 4) is 0 Å². The first-order valence-electron chi connectivity index (χ1n) is 13.3. The molecule has 0 spiro atoms. The van der Waals surface area contributed by atoms with Gasteiger partial charge in [0.2, 0.25) is 5.91 Å². The van der Waals surface area contributed by atoms with Gasteiger partial charge in [-0.05, 0) is 39.0 Å². The number of carbonyl (C=O) groups excluding carboxylic acids is 3. The molecule has 2 atom stereocenters. The van der Waals surface area contributed by atoms with E-state index in [4.69, 9.17) is 24.1 Å². The Bertz CT molecular complexity index is 721. The van der Waals surface area contributed by atoms with Crippen LogP contribution in [0, 0.1) is 0 Å². The smallest absolute Gasteiger partial charge is 0.326 e. The van der Waals surface area contributed by atoms with Gasteiger partial charge in [-0.3, -0.25) is 14.4 Å². The van der Waals surface area contributed by atoms with Gasteiger partial charge < -0.3 is 45.1 Å².